The second kappa shape index (κ2) is 7.14. The van der Waals surface area contributed by atoms with Crippen molar-refractivity contribution in [3.05, 3.63) is 48.7 Å². The molecule has 0 atom stereocenters. The summed E-state index contributed by atoms with van der Waals surface area (Å²) in [7, 11) is 5.97. The molecule has 4 rings (SSSR count). The number of imidazole rings is 1. The maximum Gasteiger partial charge on any atom is 0.134 e. The minimum atomic E-state index is 0.494. The third-order valence-electron chi connectivity index (χ3n) is 5.65. The van der Waals surface area contributed by atoms with Crippen LogP contribution in [0.3, 0.4) is 0 Å². The van der Waals surface area contributed by atoms with E-state index in [2.05, 4.69) is 50.7 Å². The monoisotopic (exact) mass is 377 g/mol. The van der Waals surface area contributed by atoms with Crippen LogP contribution in [0.25, 0.3) is 11.0 Å². The van der Waals surface area contributed by atoms with Crippen LogP contribution >= 0.6 is 0 Å². The Morgan fingerprint density at radius 3 is 2.75 bits per heavy atom. The van der Waals surface area contributed by atoms with Crippen LogP contribution in [-0.2, 0) is 13.5 Å². The molecule has 0 aliphatic carbocycles. The van der Waals surface area contributed by atoms with Crippen molar-refractivity contribution in [3.8, 4) is 0 Å². The molecule has 0 spiro atoms. The van der Waals surface area contributed by atoms with Gasteiger partial charge in [-0.3, -0.25) is 0 Å². The highest BCUT2D eigenvalue weighted by atomic mass is 15.3. The summed E-state index contributed by atoms with van der Waals surface area (Å²) in [4.78, 5) is 18.1. The molecule has 0 radical (unpaired) electrons. The Labute approximate surface area is 165 Å². The van der Waals surface area contributed by atoms with Crippen molar-refractivity contribution >= 4 is 28.4 Å². The first-order valence-electron chi connectivity index (χ1n) is 9.63. The molecule has 0 bridgehead atoms. The first-order chi connectivity index (χ1) is 13.5. The number of nitrogens with one attached hydrogen (secondary N) is 1. The predicted octanol–water partition coefficient (Wildman–Crippen LogP) is 2.86. The molecule has 3 aromatic rings. The van der Waals surface area contributed by atoms with Crippen LogP contribution in [0.15, 0.2) is 43.1 Å². The first-order valence-corrected chi connectivity index (χ1v) is 9.63. The van der Waals surface area contributed by atoms with Crippen molar-refractivity contribution in [1.29, 1.82) is 0 Å². The van der Waals surface area contributed by atoms with Gasteiger partial charge in [0.25, 0.3) is 0 Å². The van der Waals surface area contributed by atoms with Crippen molar-refractivity contribution < 1.29 is 0 Å². The molecule has 7 heteroatoms. The van der Waals surface area contributed by atoms with Crippen LogP contribution in [0.1, 0.15) is 12.5 Å². The summed E-state index contributed by atoms with van der Waals surface area (Å²) in [5, 5.41) is 3.16. The fraction of sp³-hybridized carbons (Fsp3) is 0.381. The summed E-state index contributed by atoms with van der Waals surface area (Å²) in [5.41, 5.74) is 5.41. The van der Waals surface area contributed by atoms with E-state index in [4.69, 9.17) is 4.98 Å². The average molecular weight is 377 g/mol. The summed E-state index contributed by atoms with van der Waals surface area (Å²) >= 11 is 0. The van der Waals surface area contributed by atoms with Crippen molar-refractivity contribution in [2.45, 2.75) is 13.3 Å². The Morgan fingerprint density at radius 2 is 2.04 bits per heavy atom. The fourth-order valence-electron chi connectivity index (χ4n) is 3.65. The summed E-state index contributed by atoms with van der Waals surface area (Å²) in [6.45, 7) is 8.17. The number of hydrogen-bond acceptors (Lipinski definition) is 6. The first kappa shape index (κ1) is 18.3. The minimum absolute atomic E-state index is 0.494. The van der Waals surface area contributed by atoms with Gasteiger partial charge in [0.1, 0.15) is 17.2 Å². The summed E-state index contributed by atoms with van der Waals surface area (Å²) in [6, 6.07) is 4.27. The van der Waals surface area contributed by atoms with Crippen LogP contribution < -0.4 is 15.1 Å². The van der Waals surface area contributed by atoms with E-state index in [1.165, 1.54) is 5.56 Å². The molecule has 1 N–H and O–H groups in total. The minimum Gasteiger partial charge on any atom is -0.392 e. The van der Waals surface area contributed by atoms with Crippen molar-refractivity contribution in [2.24, 2.45) is 13.0 Å². The molecule has 1 saturated heterocycles. The molecular formula is C21H27N7. The highest BCUT2D eigenvalue weighted by molar-refractivity contribution is 5.79. The zero-order valence-corrected chi connectivity index (χ0v) is 17.0. The van der Waals surface area contributed by atoms with Gasteiger partial charge in [0.15, 0.2) is 0 Å². The zero-order valence-electron chi connectivity index (χ0n) is 17.0. The number of hydrogen-bond donors (Lipinski definition) is 1. The van der Waals surface area contributed by atoms with Gasteiger partial charge in [0, 0.05) is 51.9 Å². The lowest BCUT2D eigenvalue weighted by atomic mass is 9.96. The summed E-state index contributed by atoms with van der Waals surface area (Å²) < 4.78 is 2.01. The molecule has 1 aliphatic rings. The Morgan fingerprint density at radius 1 is 1.25 bits per heavy atom. The maximum absolute atomic E-state index is 4.73. The molecule has 7 nitrogen and oxygen atoms in total. The SMILES string of the molecule is C=C(NC)C1CN(c2cc(CC)c(N(C)c3cc4c(cn3)ncn4C)cn2)C1. The Bertz CT molecular complexity index is 1020. The van der Waals surface area contributed by atoms with Crippen molar-refractivity contribution in [2.75, 3.05) is 37.0 Å². The standard InChI is InChI=1S/C21H27N7/c1-6-15-7-21(28-11-16(12-28)14(2)22-3)24-10-19(15)27(5)20-8-18-17(9-23-20)25-13-26(18)4/h7-10,13,16,22H,2,6,11-12H2,1,3-5H3. The van der Waals surface area contributed by atoms with Crippen molar-refractivity contribution in [1.82, 2.24) is 24.8 Å². The quantitative estimate of drug-likeness (QED) is 0.713. The van der Waals surface area contributed by atoms with Crippen LogP contribution in [0.5, 0.6) is 0 Å². The van der Waals surface area contributed by atoms with Gasteiger partial charge in [-0.25, -0.2) is 15.0 Å². The smallest absolute Gasteiger partial charge is 0.134 e. The highest BCUT2D eigenvalue weighted by Gasteiger charge is 2.30. The van der Waals surface area contributed by atoms with E-state index >= 15 is 0 Å². The highest BCUT2D eigenvalue weighted by Crippen LogP contribution is 2.32. The van der Waals surface area contributed by atoms with E-state index in [1.54, 1.807) is 0 Å². The van der Waals surface area contributed by atoms with Crippen LogP contribution in [0.2, 0.25) is 0 Å². The number of rotatable bonds is 6. The molecule has 0 unspecified atom stereocenters. The number of fused-ring (bicyclic) bond motifs is 1. The Kier molecular flexibility index (Phi) is 4.66. The largest absolute Gasteiger partial charge is 0.392 e. The third-order valence-corrected chi connectivity index (χ3v) is 5.65. The molecule has 0 amide bonds. The van der Waals surface area contributed by atoms with E-state index < -0.39 is 0 Å². The molecule has 0 aromatic carbocycles. The van der Waals surface area contributed by atoms with E-state index in [0.717, 1.165) is 53.6 Å². The van der Waals surface area contributed by atoms with Gasteiger partial charge in [-0.1, -0.05) is 13.5 Å². The van der Waals surface area contributed by atoms with Crippen LogP contribution in [0.4, 0.5) is 17.3 Å². The van der Waals surface area contributed by atoms with Gasteiger partial charge in [0.05, 0.1) is 29.9 Å². The Hall–Kier alpha value is -3.09. The second-order valence-corrected chi connectivity index (χ2v) is 7.35. The van der Waals surface area contributed by atoms with Gasteiger partial charge in [-0.2, -0.15) is 0 Å². The number of anilines is 3. The van der Waals surface area contributed by atoms with E-state index in [9.17, 15) is 0 Å². The lowest BCUT2D eigenvalue weighted by Crippen LogP contribution is -2.49. The summed E-state index contributed by atoms with van der Waals surface area (Å²) in [6.07, 6.45) is 6.53. The fourth-order valence-corrected chi connectivity index (χ4v) is 3.65. The zero-order chi connectivity index (χ0) is 19.8. The Balaban J connectivity index is 1.58. The van der Waals surface area contributed by atoms with E-state index in [1.807, 2.05) is 44.4 Å². The molecule has 28 heavy (non-hydrogen) atoms. The maximum atomic E-state index is 4.73. The number of nitrogens with zero attached hydrogens (tertiary/aromatic N) is 6. The predicted molar refractivity (Wildman–Crippen MR) is 114 cm³/mol. The van der Waals surface area contributed by atoms with Crippen LogP contribution in [0, 0.1) is 5.92 Å². The molecular weight excluding hydrogens is 350 g/mol. The lowest BCUT2D eigenvalue weighted by molar-refractivity contribution is 0.449. The molecule has 0 saturated carbocycles. The molecule has 3 aromatic heterocycles. The summed E-state index contributed by atoms with van der Waals surface area (Å²) in [5.74, 6) is 2.41. The molecule has 146 valence electrons. The van der Waals surface area contributed by atoms with E-state index in [-0.39, 0.29) is 0 Å². The van der Waals surface area contributed by atoms with Crippen LogP contribution in [-0.4, -0.2) is 46.7 Å². The van der Waals surface area contributed by atoms with Gasteiger partial charge in [0.2, 0.25) is 0 Å². The van der Waals surface area contributed by atoms with E-state index in [0.29, 0.717) is 5.92 Å². The second-order valence-electron chi connectivity index (χ2n) is 7.35. The number of aromatic nitrogens is 4. The lowest BCUT2D eigenvalue weighted by Gasteiger charge is -2.41. The number of pyridine rings is 2. The third kappa shape index (κ3) is 3.06. The normalized spacial score (nSPS) is 14.2. The molecule has 1 aliphatic heterocycles. The molecule has 4 heterocycles. The average Bonchev–Trinajstić information content (AvgIpc) is 3.06. The van der Waals surface area contributed by atoms with Gasteiger partial charge in [-0.15, -0.1) is 0 Å². The number of aryl methyl sites for hydroxylation is 2. The van der Waals surface area contributed by atoms with Crippen molar-refractivity contribution in [3.63, 3.8) is 0 Å². The topological polar surface area (TPSA) is 62.1 Å². The molecule has 1 fully saturated rings. The van der Waals surface area contributed by atoms with Gasteiger partial charge < -0.3 is 19.7 Å². The van der Waals surface area contributed by atoms with Gasteiger partial charge >= 0.3 is 0 Å². The van der Waals surface area contributed by atoms with Gasteiger partial charge in [-0.05, 0) is 18.1 Å².